The summed E-state index contributed by atoms with van der Waals surface area (Å²) < 4.78 is 21.6. The van der Waals surface area contributed by atoms with Crippen LogP contribution in [0.5, 0.6) is 0 Å². The number of aryl methyl sites for hydroxylation is 1. The highest BCUT2D eigenvalue weighted by molar-refractivity contribution is 6.30. The maximum absolute atomic E-state index is 15.1. The lowest BCUT2D eigenvalue weighted by atomic mass is 9.68. The van der Waals surface area contributed by atoms with Gasteiger partial charge in [-0.05, 0) is 49.1 Å². The van der Waals surface area contributed by atoms with Crippen LogP contribution in [0.25, 0.3) is 10.9 Å². The van der Waals surface area contributed by atoms with Crippen LogP contribution < -0.4 is 5.56 Å². The van der Waals surface area contributed by atoms with Crippen LogP contribution in [0.1, 0.15) is 47.3 Å². The van der Waals surface area contributed by atoms with E-state index in [2.05, 4.69) is 20.2 Å². The number of halogens is 2. The third kappa shape index (κ3) is 3.42. The zero-order valence-corrected chi connectivity index (χ0v) is 17.7. The molecule has 0 atom stereocenters. The average Bonchev–Trinajstić information content (AvgIpc) is 3.21. The van der Waals surface area contributed by atoms with Gasteiger partial charge in [-0.25, -0.2) is 14.1 Å². The van der Waals surface area contributed by atoms with Crippen molar-refractivity contribution in [3.05, 3.63) is 80.4 Å². The predicted molar refractivity (Wildman–Crippen MR) is 113 cm³/mol. The van der Waals surface area contributed by atoms with E-state index in [0.717, 1.165) is 0 Å². The number of hydrogen-bond donors (Lipinski definition) is 0. The van der Waals surface area contributed by atoms with Gasteiger partial charge in [-0.3, -0.25) is 4.79 Å². The molecule has 1 saturated carbocycles. The second kappa shape index (κ2) is 7.50. The van der Waals surface area contributed by atoms with E-state index in [-0.39, 0.29) is 42.4 Å². The molecule has 3 aromatic heterocycles. The molecule has 1 aliphatic rings. The third-order valence-corrected chi connectivity index (χ3v) is 6.01. The van der Waals surface area contributed by atoms with Crippen LogP contribution in [0.4, 0.5) is 4.39 Å². The van der Waals surface area contributed by atoms with Crippen LogP contribution in [0.2, 0.25) is 5.02 Å². The molecule has 0 bridgehead atoms. The standard InChI is InChI=1S/C22H16ClFN6O2/c1-12-6-16(9-25)27-17-10-26-30(21(31)19(12)17)11-18-28-20(29-32-18)13-7-22(24,8-13)14-2-4-15(23)5-3-14/h2-6,10,13H,7-8,11H2,1H3/t13-,22+. The zero-order valence-electron chi connectivity index (χ0n) is 16.9. The zero-order chi connectivity index (χ0) is 22.5. The molecule has 0 amide bonds. The number of aromatic nitrogens is 5. The minimum atomic E-state index is -1.44. The molecular weight excluding hydrogens is 435 g/mol. The van der Waals surface area contributed by atoms with Crippen LogP contribution in [-0.2, 0) is 12.2 Å². The normalized spacial score (nSPS) is 20.1. The second-order valence-electron chi connectivity index (χ2n) is 7.93. The van der Waals surface area contributed by atoms with Crippen molar-refractivity contribution in [1.82, 2.24) is 24.9 Å². The maximum Gasteiger partial charge on any atom is 0.276 e. The van der Waals surface area contributed by atoms with Crippen molar-refractivity contribution in [3.63, 3.8) is 0 Å². The van der Waals surface area contributed by atoms with Gasteiger partial charge in [-0.1, -0.05) is 28.9 Å². The van der Waals surface area contributed by atoms with Crippen molar-refractivity contribution < 1.29 is 8.91 Å². The summed E-state index contributed by atoms with van der Waals surface area (Å²) in [7, 11) is 0. The molecule has 1 aromatic carbocycles. The van der Waals surface area contributed by atoms with Gasteiger partial charge >= 0.3 is 0 Å². The Kier molecular flexibility index (Phi) is 4.75. The summed E-state index contributed by atoms with van der Waals surface area (Å²) in [6, 6.07) is 10.2. The van der Waals surface area contributed by atoms with Crippen molar-refractivity contribution in [2.24, 2.45) is 0 Å². The molecular formula is C22H16ClFN6O2. The summed E-state index contributed by atoms with van der Waals surface area (Å²) in [5.74, 6) is 0.439. The number of alkyl halides is 1. The van der Waals surface area contributed by atoms with Crippen LogP contribution >= 0.6 is 11.6 Å². The van der Waals surface area contributed by atoms with E-state index in [9.17, 15) is 4.79 Å². The van der Waals surface area contributed by atoms with Gasteiger partial charge in [0, 0.05) is 10.9 Å². The van der Waals surface area contributed by atoms with E-state index >= 15 is 4.39 Å². The van der Waals surface area contributed by atoms with Crippen molar-refractivity contribution in [2.45, 2.75) is 37.9 Å². The highest BCUT2D eigenvalue weighted by Gasteiger charge is 2.48. The largest absolute Gasteiger partial charge is 0.337 e. The number of fused-ring (bicyclic) bond motifs is 1. The molecule has 0 saturated heterocycles. The van der Waals surface area contributed by atoms with Crippen molar-refractivity contribution >= 4 is 22.5 Å². The van der Waals surface area contributed by atoms with E-state index in [1.807, 2.05) is 6.07 Å². The maximum atomic E-state index is 15.1. The van der Waals surface area contributed by atoms with Crippen LogP contribution in [-0.4, -0.2) is 24.9 Å². The molecule has 1 aliphatic carbocycles. The summed E-state index contributed by atoms with van der Waals surface area (Å²) in [6.07, 6.45) is 1.92. The monoisotopic (exact) mass is 450 g/mol. The molecule has 0 unspecified atom stereocenters. The molecule has 3 heterocycles. The average molecular weight is 451 g/mol. The highest BCUT2D eigenvalue weighted by atomic mass is 35.5. The first-order valence-corrected chi connectivity index (χ1v) is 10.3. The summed E-state index contributed by atoms with van der Waals surface area (Å²) in [6.45, 7) is 1.72. The first kappa shape index (κ1) is 20.3. The fourth-order valence-corrected chi connectivity index (χ4v) is 4.19. The Hall–Kier alpha value is -3.64. The van der Waals surface area contributed by atoms with Crippen molar-refractivity contribution in [2.75, 3.05) is 0 Å². The molecule has 0 radical (unpaired) electrons. The second-order valence-corrected chi connectivity index (χ2v) is 8.36. The Morgan fingerprint density at radius 1 is 1.31 bits per heavy atom. The first-order valence-electron chi connectivity index (χ1n) is 9.91. The summed E-state index contributed by atoms with van der Waals surface area (Å²) >= 11 is 5.88. The van der Waals surface area contributed by atoms with Gasteiger partial charge in [-0.15, -0.1) is 0 Å². The van der Waals surface area contributed by atoms with E-state index in [1.54, 1.807) is 37.3 Å². The van der Waals surface area contributed by atoms with E-state index < -0.39 is 5.67 Å². The minimum absolute atomic E-state index is 0.0219. The minimum Gasteiger partial charge on any atom is -0.337 e. The first-order chi connectivity index (χ1) is 15.4. The van der Waals surface area contributed by atoms with Gasteiger partial charge < -0.3 is 4.52 Å². The fraction of sp³-hybridized carbons (Fsp3) is 0.273. The lowest BCUT2D eigenvalue weighted by molar-refractivity contribution is 0.0336. The third-order valence-electron chi connectivity index (χ3n) is 5.76. The molecule has 4 aromatic rings. The number of benzene rings is 1. The predicted octanol–water partition coefficient (Wildman–Crippen LogP) is 3.80. The van der Waals surface area contributed by atoms with Crippen LogP contribution in [0.3, 0.4) is 0 Å². The van der Waals surface area contributed by atoms with Crippen molar-refractivity contribution in [1.29, 1.82) is 5.26 Å². The lowest BCUT2D eigenvalue weighted by Gasteiger charge is -2.40. The topological polar surface area (TPSA) is 110 Å². The molecule has 10 heteroatoms. The number of rotatable bonds is 4. The van der Waals surface area contributed by atoms with Gasteiger partial charge in [0.2, 0.25) is 5.89 Å². The van der Waals surface area contributed by atoms with Crippen LogP contribution in [0, 0.1) is 18.3 Å². The Balaban J connectivity index is 1.34. The Bertz CT molecular complexity index is 1430. The SMILES string of the molecule is Cc1cc(C#N)nc2cnn(Cc3nc([C@H]4C[C@](F)(c5ccc(Cl)cc5)C4)no3)c(=O)c12. The number of pyridine rings is 1. The van der Waals surface area contributed by atoms with Gasteiger partial charge in [-0.2, -0.15) is 15.3 Å². The van der Waals surface area contributed by atoms with Crippen LogP contribution in [0.15, 0.2) is 45.8 Å². The molecule has 160 valence electrons. The quantitative estimate of drug-likeness (QED) is 0.465. The summed E-state index contributed by atoms with van der Waals surface area (Å²) in [5, 5.41) is 18.1. The smallest absolute Gasteiger partial charge is 0.276 e. The van der Waals surface area contributed by atoms with Crippen molar-refractivity contribution in [3.8, 4) is 6.07 Å². The van der Waals surface area contributed by atoms with Gasteiger partial charge in [0.1, 0.15) is 24.0 Å². The number of hydrogen-bond acceptors (Lipinski definition) is 7. The Labute approximate surface area is 186 Å². The molecule has 0 aliphatic heterocycles. The lowest BCUT2D eigenvalue weighted by Crippen LogP contribution is -2.36. The van der Waals surface area contributed by atoms with Gasteiger partial charge in [0.15, 0.2) is 5.82 Å². The van der Waals surface area contributed by atoms with E-state index in [0.29, 0.717) is 32.9 Å². The molecule has 8 nitrogen and oxygen atoms in total. The summed E-state index contributed by atoms with van der Waals surface area (Å²) in [4.78, 5) is 21.3. The van der Waals surface area contributed by atoms with Gasteiger partial charge in [0.05, 0.1) is 17.1 Å². The van der Waals surface area contributed by atoms with E-state index in [1.165, 1.54) is 10.9 Å². The molecule has 0 N–H and O–H groups in total. The molecule has 5 rings (SSSR count). The molecule has 0 spiro atoms. The van der Waals surface area contributed by atoms with E-state index in [4.69, 9.17) is 21.4 Å². The molecule has 1 fully saturated rings. The Morgan fingerprint density at radius 2 is 2.06 bits per heavy atom. The highest BCUT2D eigenvalue weighted by Crippen LogP contribution is 2.53. The summed E-state index contributed by atoms with van der Waals surface area (Å²) in [5.41, 5.74) is -0.0266. The molecule has 32 heavy (non-hydrogen) atoms. The fourth-order valence-electron chi connectivity index (χ4n) is 4.06. The van der Waals surface area contributed by atoms with Gasteiger partial charge in [0.25, 0.3) is 5.56 Å². The number of nitrogens with zero attached hydrogens (tertiary/aromatic N) is 6. The Morgan fingerprint density at radius 3 is 2.78 bits per heavy atom. The number of nitriles is 1.